The molecule has 1 saturated carbocycles. The quantitative estimate of drug-likeness (QED) is 0.808. The van der Waals surface area contributed by atoms with Gasteiger partial charge in [0.05, 0.1) is 12.6 Å². The van der Waals surface area contributed by atoms with E-state index >= 15 is 0 Å². The molecule has 0 spiro atoms. The second-order valence-corrected chi connectivity index (χ2v) is 7.42. The fourth-order valence-electron chi connectivity index (χ4n) is 4.03. The molecule has 5 heteroatoms. The molecule has 1 aliphatic heterocycles. The maximum Gasteiger partial charge on any atom is 0.146 e. The zero-order valence-corrected chi connectivity index (χ0v) is 15.0. The van der Waals surface area contributed by atoms with Gasteiger partial charge in [0.2, 0.25) is 0 Å². The van der Waals surface area contributed by atoms with E-state index < -0.39 is 0 Å². The first-order valence-electron chi connectivity index (χ1n) is 9.40. The molecule has 1 aromatic heterocycles. The number of hydrogen-bond donors (Lipinski definition) is 0. The molecule has 1 aromatic rings. The van der Waals surface area contributed by atoms with Crippen molar-refractivity contribution in [3.63, 3.8) is 0 Å². The van der Waals surface area contributed by atoms with Gasteiger partial charge in [0, 0.05) is 32.7 Å². The molecule has 0 N–H and O–H groups in total. The first kappa shape index (κ1) is 16.9. The number of nitrogens with zero attached hydrogens (tertiary/aromatic N) is 4. The Labute approximate surface area is 140 Å². The Morgan fingerprint density at radius 2 is 1.87 bits per heavy atom. The van der Waals surface area contributed by atoms with E-state index in [-0.39, 0.29) is 0 Å². The summed E-state index contributed by atoms with van der Waals surface area (Å²) in [5, 5.41) is 8.77. The molecule has 2 heterocycles. The highest BCUT2D eigenvalue weighted by Crippen LogP contribution is 2.29. The Morgan fingerprint density at radius 1 is 1.13 bits per heavy atom. The van der Waals surface area contributed by atoms with Gasteiger partial charge < -0.3 is 9.30 Å². The van der Waals surface area contributed by atoms with Crippen LogP contribution in [0.3, 0.4) is 0 Å². The Balaban J connectivity index is 1.69. The van der Waals surface area contributed by atoms with E-state index in [0.29, 0.717) is 12.1 Å². The van der Waals surface area contributed by atoms with Gasteiger partial charge in [-0.3, -0.25) is 4.90 Å². The smallest absolute Gasteiger partial charge is 0.146 e. The normalized spacial score (nSPS) is 28.6. The van der Waals surface area contributed by atoms with E-state index in [9.17, 15) is 0 Å². The van der Waals surface area contributed by atoms with Crippen LogP contribution in [0.2, 0.25) is 0 Å². The van der Waals surface area contributed by atoms with Gasteiger partial charge in [-0.25, -0.2) is 0 Å². The number of ether oxygens (including phenoxy) is 1. The maximum absolute atomic E-state index is 5.91. The van der Waals surface area contributed by atoms with Crippen molar-refractivity contribution in [3.8, 4) is 0 Å². The molecule has 1 atom stereocenters. The topological polar surface area (TPSA) is 43.2 Å². The van der Waals surface area contributed by atoms with Crippen LogP contribution in [0.5, 0.6) is 0 Å². The predicted molar refractivity (Wildman–Crippen MR) is 91.2 cm³/mol. The summed E-state index contributed by atoms with van der Waals surface area (Å²) < 4.78 is 8.08. The van der Waals surface area contributed by atoms with Crippen molar-refractivity contribution in [2.45, 2.75) is 77.5 Å². The van der Waals surface area contributed by atoms with E-state index in [1.807, 2.05) is 0 Å². The summed E-state index contributed by atoms with van der Waals surface area (Å²) in [6.45, 7) is 7.41. The van der Waals surface area contributed by atoms with Crippen molar-refractivity contribution in [2.75, 3.05) is 13.2 Å². The number of hydrogen-bond acceptors (Lipinski definition) is 4. The number of rotatable bonds is 6. The van der Waals surface area contributed by atoms with Gasteiger partial charge in [-0.15, -0.1) is 10.2 Å². The SMILES string of the molecule is CCc1nnc(CN(CC2CCCO2)C2CCC(C)CC2)n1C. The van der Waals surface area contributed by atoms with E-state index in [0.717, 1.165) is 43.7 Å². The zero-order valence-electron chi connectivity index (χ0n) is 15.0. The molecule has 0 aromatic carbocycles. The molecule has 3 rings (SSSR count). The largest absolute Gasteiger partial charge is 0.377 e. The summed E-state index contributed by atoms with van der Waals surface area (Å²) in [6, 6.07) is 0.678. The minimum Gasteiger partial charge on any atom is -0.377 e. The van der Waals surface area contributed by atoms with Crippen LogP contribution in [0.25, 0.3) is 0 Å². The lowest BCUT2D eigenvalue weighted by Gasteiger charge is -2.37. The lowest BCUT2D eigenvalue weighted by Crippen LogP contribution is -2.42. The molecule has 1 unspecified atom stereocenters. The molecule has 1 aliphatic carbocycles. The Morgan fingerprint density at radius 3 is 2.48 bits per heavy atom. The van der Waals surface area contributed by atoms with Crippen LogP contribution < -0.4 is 0 Å². The van der Waals surface area contributed by atoms with E-state index in [2.05, 4.69) is 40.6 Å². The van der Waals surface area contributed by atoms with Crippen molar-refractivity contribution in [1.82, 2.24) is 19.7 Å². The highest BCUT2D eigenvalue weighted by molar-refractivity contribution is 4.96. The molecule has 2 aliphatic rings. The van der Waals surface area contributed by atoms with Gasteiger partial charge in [0.15, 0.2) is 0 Å². The van der Waals surface area contributed by atoms with Crippen LogP contribution in [0.1, 0.15) is 64.0 Å². The number of aryl methyl sites for hydroxylation is 1. The molecule has 1 saturated heterocycles. The van der Waals surface area contributed by atoms with Crippen molar-refractivity contribution in [3.05, 3.63) is 11.6 Å². The van der Waals surface area contributed by atoms with Crippen molar-refractivity contribution in [2.24, 2.45) is 13.0 Å². The summed E-state index contributed by atoms with van der Waals surface area (Å²) in [7, 11) is 2.10. The average Bonchev–Trinajstić information content (AvgIpc) is 3.18. The maximum atomic E-state index is 5.91. The van der Waals surface area contributed by atoms with E-state index in [1.165, 1.54) is 38.5 Å². The van der Waals surface area contributed by atoms with E-state index in [1.54, 1.807) is 0 Å². The average molecular weight is 320 g/mol. The van der Waals surface area contributed by atoms with Gasteiger partial charge in [-0.05, 0) is 44.4 Å². The van der Waals surface area contributed by atoms with Gasteiger partial charge in [-0.2, -0.15) is 0 Å². The minimum atomic E-state index is 0.410. The molecule has 2 fully saturated rings. The number of aromatic nitrogens is 3. The van der Waals surface area contributed by atoms with E-state index in [4.69, 9.17) is 4.74 Å². The van der Waals surface area contributed by atoms with Crippen LogP contribution in [-0.2, 0) is 24.8 Å². The van der Waals surface area contributed by atoms with Crippen LogP contribution in [0.15, 0.2) is 0 Å². The van der Waals surface area contributed by atoms with Gasteiger partial charge in [-0.1, -0.05) is 13.8 Å². The third-order valence-corrected chi connectivity index (χ3v) is 5.68. The monoisotopic (exact) mass is 320 g/mol. The molecule has 23 heavy (non-hydrogen) atoms. The van der Waals surface area contributed by atoms with Crippen molar-refractivity contribution < 1.29 is 4.74 Å². The van der Waals surface area contributed by atoms with Crippen LogP contribution in [0.4, 0.5) is 0 Å². The second-order valence-electron chi connectivity index (χ2n) is 7.42. The first-order chi connectivity index (χ1) is 11.2. The summed E-state index contributed by atoms with van der Waals surface area (Å²) in [5.41, 5.74) is 0. The van der Waals surface area contributed by atoms with Crippen LogP contribution in [-0.4, -0.2) is 45.0 Å². The fraction of sp³-hybridized carbons (Fsp3) is 0.889. The van der Waals surface area contributed by atoms with Crippen LogP contribution in [0, 0.1) is 5.92 Å². The third kappa shape index (κ3) is 4.13. The molecule has 0 bridgehead atoms. The summed E-state index contributed by atoms with van der Waals surface area (Å²) >= 11 is 0. The Kier molecular flexibility index (Phi) is 5.70. The standard InChI is InChI=1S/C18H32N4O/c1-4-17-19-20-18(21(17)3)13-22(12-16-6-5-11-23-16)15-9-7-14(2)8-10-15/h14-16H,4-13H2,1-3H3. The third-order valence-electron chi connectivity index (χ3n) is 5.68. The predicted octanol–water partition coefficient (Wildman–Crippen LogP) is 2.94. The fourth-order valence-corrected chi connectivity index (χ4v) is 4.03. The molecule has 5 nitrogen and oxygen atoms in total. The Hall–Kier alpha value is -0.940. The van der Waals surface area contributed by atoms with Gasteiger partial charge in [0.1, 0.15) is 11.6 Å². The Bertz CT molecular complexity index is 487. The molecule has 130 valence electrons. The lowest BCUT2D eigenvalue weighted by atomic mass is 9.86. The summed E-state index contributed by atoms with van der Waals surface area (Å²) in [5.74, 6) is 3.06. The highest BCUT2D eigenvalue weighted by atomic mass is 16.5. The summed E-state index contributed by atoms with van der Waals surface area (Å²) in [6.07, 6.45) is 9.10. The minimum absolute atomic E-state index is 0.410. The highest BCUT2D eigenvalue weighted by Gasteiger charge is 2.28. The van der Waals surface area contributed by atoms with Gasteiger partial charge >= 0.3 is 0 Å². The van der Waals surface area contributed by atoms with Crippen molar-refractivity contribution >= 4 is 0 Å². The van der Waals surface area contributed by atoms with Crippen LogP contribution >= 0.6 is 0 Å². The first-order valence-corrected chi connectivity index (χ1v) is 9.40. The zero-order chi connectivity index (χ0) is 16.2. The molecular weight excluding hydrogens is 288 g/mol. The van der Waals surface area contributed by atoms with Gasteiger partial charge in [0.25, 0.3) is 0 Å². The molecular formula is C18H32N4O. The second kappa shape index (κ2) is 7.75. The molecule has 0 radical (unpaired) electrons. The lowest BCUT2D eigenvalue weighted by molar-refractivity contribution is 0.0393. The molecule has 0 amide bonds. The summed E-state index contributed by atoms with van der Waals surface area (Å²) in [4.78, 5) is 2.63. The van der Waals surface area contributed by atoms with Crippen molar-refractivity contribution in [1.29, 1.82) is 0 Å².